The van der Waals surface area contributed by atoms with Gasteiger partial charge in [-0.1, -0.05) is 24.3 Å². The molecule has 2 aromatic rings. The Morgan fingerprint density at radius 1 is 1.23 bits per heavy atom. The topological polar surface area (TPSA) is 47.2 Å². The first kappa shape index (κ1) is 14.9. The van der Waals surface area contributed by atoms with Gasteiger partial charge in [-0.15, -0.1) is 0 Å². The third-order valence-electron chi connectivity index (χ3n) is 3.88. The number of aromatic nitrogens is 1. The van der Waals surface area contributed by atoms with Crippen LogP contribution in [0.25, 0.3) is 0 Å². The average Bonchev–Trinajstić information content (AvgIpc) is 2.55. The quantitative estimate of drug-likeness (QED) is 0.496. The van der Waals surface area contributed by atoms with E-state index < -0.39 is 0 Å². The van der Waals surface area contributed by atoms with Gasteiger partial charge < -0.3 is 10.1 Å². The summed E-state index contributed by atoms with van der Waals surface area (Å²) in [6.45, 7) is 3.26. The SMILES string of the molecule is CC(Sc1cccc[n+]1[O-])C(=O)N1CCc2ccccc2C1. The second-order valence-electron chi connectivity index (χ2n) is 5.40. The summed E-state index contributed by atoms with van der Waals surface area (Å²) < 4.78 is 0.806. The number of carbonyl (C=O) groups is 1. The minimum atomic E-state index is -0.270. The second kappa shape index (κ2) is 6.40. The number of nitrogens with zero attached hydrogens (tertiary/aromatic N) is 2. The van der Waals surface area contributed by atoms with E-state index in [9.17, 15) is 10.0 Å². The number of thioether (sulfide) groups is 1. The van der Waals surface area contributed by atoms with Crippen LogP contribution in [0, 0.1) is 5.21 Å². The molecule has 2 heterocycles. The van der Waals surface area contributed by atoms with Gasteiger partial charge in [-0.2, -0.15) is 4.73 Å². The van der Waals surface area contributed by atoms with Crippen molar-refractivity contribution in [2.75, 3.05) is 6.54 Å². The van der Waals surface area contributed by atoms with E-state index in [0.29, 0.717) is 11.6 Å². The van der Waals surface area contributed by atoms with Crippen LogP contribution < -0.4 is 4.73 Å². The van der Waals surface area contributed by atoms with Gasteiger partial charge in [-0.05, 0) is 42.3 Å². The molecule has 0 bridgehead atoms. The van der Waals surface area contributed by atoms with E-state index in [4.69, 9.17) is 0 Å². The molecule has 1 atom stereocenters. The normalized spacial score (nSPS) is 15.2. The largest absolute Gasteiger partial charge is 0.618 e. The van der Waals surface area contributed by atoms with E-state index in [2.05, 4.69) is 12.1 Å². The van der Waals surface area contributed by atoms with Gasteiger partial charge in [-0.3, -0.25) is 4.79 Å². The Morgan fingerprint density at radius 2 is 1.95 bits per heavy atom. The summed E-state index contributed by atoms with van der Waals surface area (Å²) in [6, 6.07) is 13.5. The van der Waals surface area contributed by atoms with Crippen molar-refractivity contribution in [1.82, 2.24) is 4.90 Å². The van der Waals surface area contributed by atoms with Crippen LogP contribution >= 0.6 is 11.8 Å². The van der Waals surface area contributed by atoms with E-state index in [-0.39, 0.29) is 11.2 Å². The molecular formula is C17H18N2O2S. The van der Waals surface area contributed by atoms with E-state index >= 15 is 0 Å². The van der Waals surface area contributed by atoms with Gasteiger partial charge in [-0.25, -0.2) is 0 Å². The highest BCUT2D eigenvalue weighted by Gasteiger charge is 2.26. The van der Waals surface area contributed by atoms with Crippen LogP contribution in [-0.4, -0.2) is 22.6 Å². The molecule has 1 unspecified atom stereocenters. The van der Waals surface area contributed by atoms with Gasteiger partial charge >= 0.3 is 0 Å². The first-order valence-electron chi connectivity index (χ1n) is 7.35. The summed E-state index contributed by atoms with van der Waals surface area (Å²) in [6.07, 6.45) is 2.35. The van der Waals surface area contributed by atoms with Gasteiger partial charge in [0.05, 0.1) is 5.25 Å². The summed E-state index contributed by atoms with van der Waals surface area (Å²) in [5.41, 5.74) is 2.55. The van der Waals surface area contributed by atoms with E-state index in [0.717, 1.165) is 17.7 Å². The monoisotopic (exact) mass is 314 g/mol. The lowest BCUT2D eigenvalue weighted by molar-refractivity contribution is -0.645. The van der Waals surface area contributed by atoms with Crippen molar-refractivity contribution in [3.63, 3.8) is 0 Å². The molecule has 1 aromatic carbocycles. The smallest absolute Gasteiger partial charge is 0.252 e. The van der Waals surface area contributed by atoms with Gasteiger partial charge in [0.15, 0.2) is 6.20 Å². The maximum Gasteiger partial charge on any atom is 0.252 e. The number of carbonyl (C=O) groups excluding carboxylic acids is 1. The molecule has 5 heteroatoms. The molecule has 0 radical (unpaired) electrons. The summed E-state index contributed by atoms with van der Waals surface area (Å²) in [5, 5.41) is 12.0. The minimum Gasteiger partial charge on any atom is -0.618 e. The Morgan fingerprint density at radius 3 is 2.73 bits per heavy atom. The van der Waals surface area contributed by atoms with Crippen LogP contribution in [0.1, 0.15) is 18.1 Å². The number of fused-ring (bicyclic) bond motifs is 1. The molecule has 1 aromatic heterocycles. The first-order chi connectivity index (χ1) is 10.6. The van der Waals surface area contributed by atoms with Crippen molar-refractivity contribution in [3.05, 3.63) is 65.0 Å². The van der Waals surface area contributed by atoms with E-state index in [1.54, 1.807) is 12.1 Å². The summed E-state index contributed by atoms with van der Waals surface area (Å²) in [5.74, 6) is 0.0864. The van der Waals surface area contributed by atoms with Crippen molar-refractivity contribution < 1.29 is 9.52 Å². The molecular weight excluding hydrogens is 296 g/mol. The van der Waals surface area contributed by atoms with Gasteiger partial charge in [0.25, 0.3) is 5.03 Å². The molecule has 0 aliphatic carbocycles. The second-order valence-corrected chi connectivity index (χ2v) is 6.76. The highest BCUT2D eigenvalue weighted by molar-refractivity contribution is 8.00. The fourth-order valence-electron chi connectivity index (χ4n) is 2.68. The molecule has 0 fully saturated rings. The van der Waals surface area contributed by atoms with Crippen molar-refractivity contribution in [2.24, 2.45) is 0 Å². The fourth-order valence-corrected chi connectivity index (χ4v) is 3.61. The molecule has 0 spiro atoms. The number of benzene rings is 1. The number of pyridine rings is 1. The molecule has 0 N–H and O–H groups in total. The lowest BCUT2D eigenvalue weighted by atomic mass is 10.00. The third-order valence-corrected chi connectivity index (χ3v) is 4.99. The van der Waals surface area contributed by atoms with Crippen LogP contribution in [0.5, 0.6) is 0 Å². The molecule has 1 aliphatic rings. The molecule has 0 saturated heterocycles. The zero-order chi connectivity index (χ0) is 15.5. The highest BCUT2D eigenvalue weighted by Crippen LogP contribution is 2.24. The number of rotatable bonds is 3. The number of hydrogen-bond acceptors (Lipinski definition) is 3. The molecule has 1 amide bonds. The number of hydrogen-bond donors (Lipinski definition) is 0. The highest BCUT2D eigenvalue weighted by atomic mass is 32.2. The van der Waals surface area contributed by atoms with Crippen LogP contribution in [0.15, 0.2) is 53.7 Å². The van der Waals surface area contributed by atoms with Crippen LogP contribution in [0.3, 0.4) is 0 Å². The summed E-state index contributed by atoms with van der Waals surface area (Å²) >= 11 is 1.31. The number of amides is 1. The molecule has 114 valence electrons. The van der Waals surface area contributed by atoms with Crippen LogP contribution in [0.2, 0.25) is 0 Å². The van der Waals surface area contributed by atoms with Crippen molar-refractivity contribution >= 4 is 17.7 Å². The van der Waals surface area contributed by atoms with E-state index in [1.165, 1.54) is 29.1 Å². The molecule has 22 heavy (non-hydrogen) atoms. The molecule has 0 saturated carbocycles. The Hall–Kier alpha value is -2.01. The van der Waals surface area contributed by atoms with Crippen LogP contribution in [0.4, 0.5) is 0 Å². The third kappa shape index (κ3) is 3.09. The average molecular weight is 314 g/mol. The minimum absolute atomic E-state index is 0.0864. The summed E-state index contributed by atoms with van der Waals surface area (Å²) in [7, 11) is 0. The predicted molar refractivity (Wildman–Crippen MR) is 86.3 cm³/mol. The Labute approximate surface area is 134 Å². The van der Waals surface area contributed by atoms with Crippen molar-refractivity contribution in [1.29, 1.82) is 0 Å². The zero-order valence-electron chi connectivity index (χ0n) is 12.4. The lowest BCUT2D eigenvalue weighted by Gasteiger charge is -2.30. The Kier molecular flexibility index (Phi) is 4.34. The van der Waals surface area contributed by atoms with Crippen molar-refractivity contribution in [2.45, 2.75) is 30.2 Å². The maximum absolute atomic E-state index is 12.6. The Balaban J connectivity index is 1.68. The van der Waals surface area contributed by atoms with Crippen molar-refractivity contribution in [3.8, 4) is 0 Å². The predicted octanol–water partition coefficient (Wildman–Crippen LogP) is 2.39. The standard InChI is InChI=1S/C17H18N2O2S/c1-13(22-16-8-4-5-10-19(16)21)17(20)18-11-9-14-6-2-3-7-15(14)12-18/h2-8,10,13H,9,11-12H2,1H3. The first-order valence-corrected chi connectivity index (χ1v) is 8.23. The molecule has 4 nitrogen and oxygen atoms in total. The maximum atomic E-state index is 12.6. The van der Waals surface area contributed by atoms with Gasteiger partial charge in [0.2, 0.25) is 5.91 Å². The van der Waals surface area contributed by atoms with E-state index in [1.807, 2.05) is 30.0 Å². The van der Waals surface area contributed by atoms with Gasteiger partial charge in [0.1, 0.15) is 0 Å². The molecule has 1 aliphatic heterocycles. The lowest BCUT2D eigenvalue weighted by Crippen LogP contribution is -2.40. The Bertz CT molecular complexity index is 690. The zero-order valence-corrected chi connectivity index (χ0v) is 13.3. The fraction of sp³-hybridized carbons (Fsp3) is 0.294. The summed E-state index contributed by atoms with van der Waals surface area (Å²) in [4.78, 5) is 14.5. The van der Waals surface area contributed by atoms with Gasteiger partial charge in [0, 0.05) is 25.2 Å². The van der Waals surface area contributed by atoms with Crippen LogP contribution in [-0.2, 0) is 17.8 Å². The molecule has 3 rings (SSSR count).